The van der Waals surface area contributed by atoms with Crippen molar-refractivity contribution in [2.24, 2.45) is 11.8 Å². The summed E-state index contributed by atoms with van der Waals surface area (Å²) in [7, 11) is 0. The van der Waals surface area contributed by atoms with E-state index in [1.165, 1.54) is 12.1 Å². The van der Waals surface area contributed by atoms with Gasteiger partial charge in [-0.25, -0.2) is 23.5 Å². The van der Waals surface area contributed by atoms with Gasteiger partial charge >= 0.3 is 6.09 Å². The van der Waals surface area contributed by atoms with Crippen LogP contribution in [0.3, 0.4) is 0 Å². The molecular formula is C32H35F2N7O3. The maximum atomic E-state index is 13.9. The summed E-state index contributed by atoms with van der Waals surface area (Å²) in [5.41, 5.74) is 5.72. The smallest absolute Gasteiger partial charge is 0.377 e. The van der Waals surface area contributed by atoms with E-state index >= 15 is 0 Å². The van der Waals surface area contributed by atoms with Crippen LogP contribution in [0.4, 0.5) is 19.5 Å². The van der Waals surface area contributed by atoms with Crippen molar-refractivity contribution in [3.05, 3.63) is 71.5 Å². The number of nitrogens with one attached hydrogen (secondary N) is 2. The third kappa shape index (κ3) is 5.59. The maximum Gasteiger partial charge on any atom is 0.427 e. The number of amides is 1. The van der Waals surface area contributed by atoms with Crippen LogP contribution in [0.15, 0.2) is 54.6 Å². The Labute approximate surface area is 253 Å². The molecule has 0 spiro atoms. The van der Waals surface area contributed by atoms with Crippen LogP contribution in [0.1, 0.15) is 68.2 Å². The van der Waals surface area contributed by atoms with E-state index in [1.807, 2.05) is 18.2 Å². The molecule has 0 radical (unpaired) electrons. The number of fused-ring (bicyclic) bond motifs is 1. The first kappa shape index (κ1) is 28.6. The van der Waals surface area contributed by atoms with Crippen molar-refractivity contribution in [3.63, 3.8) is 0 Å². The molecule has 7 rings (SSSR count). The van der Waals surface area contributed by atoms with Gasteiger partial charge in [0, 0.05) is 24.2 Å². The number of hydroxylamine groups is 1. The van der Waals surface area contributed by atoms with Gasteiger partial charge in [-0.2, -0.15) is 4.98 Å². The van der Waals surface area contributed by atoms with Crippen LogP contribution in [-0.2, 0) is 16.1 Å². The van der Waals surface area contributed by atoms with Crippen molar-refractivity contribution >= 4 is 23.2 Å². The van der Waals surface area contributed by atoms with Crippen molar-refractivity contribution in [1.82, 2.24) is 30.3 Å². The molecule has 3 aliphatic rings. The van der Waals surface area contributed by atoms with Crippen molar-refractivity contribution < 1.29 is 23.1 Å². The zero-order valence-electron chi connectivity index (χ0n) is 24.5. The van der Waals surface area contributed by atoms with Crippen LogP contribution in [0.2, 0.25) is 0 Å². The summed E-state index contributed by atoms with van der Waals surface area (Å²) in [6.45, 7) is 4.67. The molecule has 2 aromatic carbocycles. The second-order valence-electron chi connectivity index (χ2n) is 12.0. The first-order chi connectivity index (χ1) is 21.4. The number of carbonyl (C=O) groups is 1. The van der Waals surface area contributed by atoms with Crippen molar-refractivity contribution in [2.75, 3.05) is 24.7 Å². The molecule has 230 valence electrons. The quantitative estimate of drug-likeness (QED) is 0.262. The van der Waals surface area contributed by atoms with Gasteiger partial charge in [0.05, 0.1) is 19.3 Å². The van der Waals surface area contributed by atoms with Crippen LogP contribution < -0.4 is 15.7 Å². The van der Waals surface area contributed by atoms with E-state index in [4.69, 9.17) is 24.5 Å². The molecule has 2 saturated heterocycles. The fourth-order valence-corrected chi connectivity index (χ4v) is 6.56. The topological polar surface area (TPSA) is 106 Å². The summed E-state index contributed by atoms with van der Waals surface area (Å²) in [5.74, 6) is 2.09. The molecule has 2 aliphatic heterocycles. The van der Waals surface area contributed by atoms with Crippen molar-refractivity contribution in [1.29, 1.82) is 0 Å². The number of hydrogen-bond acceptors (Lipinski definition) is 8. The van der Waals surface area contributed by atoms with Gasteiger partial charge < -0.3 is 19.0 Å². The molecule has 2 atom stereocenters. The zero-order chi connectivity index (χ0) is 30.2. The van der Waals surface area contributed by atoms with Crippen LogP contribution in [0.25, 0.3) is 22.4 Å². The lowest BCUT2D eigenvalue weighted by molar-refractivity contribution is 0.0927. The van der Waals surface area contributed by atoms with E-state index in [9.17, 15) is 13.6 Å². The third-order valence-electron chi connectivity index (χ3n) is 8.95. The fraction of sp³-hybridized carbons (Fsp3) is 0.438. The number of alkyl halides is 2. The highest BCUT2D eigenvalue weighted by Crippen LogP contribution is 2.38. The van der Waals surface area contributed by atoms with Gasteiger partial charge in [0.15, 0.2) is 17.6 Å². The Hall–Kier alpha value is -4.16. The lowest BCUT2D eigenvalue weighted by Gasteiger charge is -2.37. The van der Waals surface area contributed by atoms with E-state index in [2.05, 4.69) is 39.3 Å². The molecule has 4 aromatic rings. The summed E-state index contributed by atoms with van der Waals surface area (Å²) in [4.78, 5) is 33.9. The van der Waals surface area contributed by atoms with Crippen molar-refractivity contribution in [3.8, 4) is 11.3 Å². The Balaban J connectivity index is 1.43. The van der Waals surface area contributed by atoms with Gasteiger partial charge in [-0.1, -0.05) is 68.3 Å². The predicted octanol–water partition coefficient (Wildman–Crippen LogP) is 6.08. The standard InChI is InChI=1S/C32H35F2N7O3/c1-19-10-12-20(13-11-19)17-41-26-25(22-8-5-9-23(16-22)27(33)34)35-29(30-38-32(42)44-39-30)36-28(26)37-31(41)40-14-15-43-18-24(40)21-6-3-2-4-7-21/h2-9,16,19-20,24,27,30,39H,10-15,17-18H2,1H3,(H,38,42)/t19?,20?,24-,30?/m0/s1. The lowest BCUT2D eigenvalue weighted by atomic mass is 9.83. The second kappa shape index (κ2) is 12.1. The molecule has 3 fully saturated rings. The molecule has 0 bridgehead atoms. The normalized spacial score (nSPS) is 24.1. The van der Waals surface area contributed by atoms with E-state index in [0.29, 0.717) is 60.6 Å². The van der Waals surface area contributed by atoms with Gasteiger partial charge in [-0.3, -0.25) is 5.32 Å². The first-order valence-electron chi connectivity index (χ1n) is 15.2. The number of morpholine rings is 1. The van der Waals surface area contributed by atoms with Gasteiger partial charge in [-0.15, -0.1) is 5.48 Å². The summed E-state index contributed by atoms with van der Waals surface area (Å²) in [6, 6.07) is 16.4. The molecule has 44 heavy (non-hydrogen) atoms. The highest BCUT2D eigenvalue weighted by molar-refractivity contribution is 5.90. The molecule has 10 nitrogen and oxygen atoms in total. The number of nitrogens with zero attached hydrogens (tertiary/aromatic N) is 5. The Kier molecular flexibility index (Phi) is 7.85. The molecule has 1 unspecified atom stereocenters. The molecule has 2 aromatic heterocycles. The van der Waals surface area contributed by atoms with E-state index in [1.54, 1.807) is 12.1 Å². The molecule has 4 heterocycles. The van der Waals surface area contributed by atoms with Crippen LogP contribution in [0.5, 0.6) is 0 Å². The minimum Gasteiger partial charge on any atom is -0.377 e. The SMILES string of the molecule is CC1CCC(Cn2c(N3CCOC[C@H]3c3ccccc3)nc3nc(C4NOC(=O)N4)nc(-c4cccc(C(F)F)c4)c32)CC1. The highest BCUT2D eigenvalue weighted by atomic mass is 19.3. The summed E-state index contributed by atoms with van der Waals surface area (Å²) in [5, 5.41) is 2.65. The van der Waals surface area contributed by atoms with Crippen LogP contribution >= 0.6 is 0 Å². The monoisotopic (exact) mass is 603 g/mol. The average molecular weight is 604 g/mol. The van der Waals surface area contributed by atoms with E-state index in [0.717, 1.165) is 37.2 Å². The van der Waals surface area contributed by atoms with Gasteiger partial charge in [0.25, 0.3) is 6.43 Å². The Bertz CT molecular complexity index is 1640. The van der Waals surface area contributed by atoms with Gasteiger partial charge in [0.1, 0.15) is 11.2 Å². The van der Waals surface area contributed by atoms with Crippen LogP contribution in [-0.4, -0.2) is 45.4 Å². The van der Waals surface area contributed by atoms with Gasteiger partial charge in [-0.05, 0) is 36.3 Å². The van der Waals surface area contributed by atoms with E-state index in [-0.39, 0.29) is 17.4 Å². The second-order valence-corrected chi connectivity index (χ2v) is 12.0. The summed E-state index contributed by atoms with van der Waals surface area (Å²) >= 11 is 0. The van der Waals surface area contributed by atoms with Gasteiger partial charge in [0.2, 0.25) is 5.95 Å². The number of ether oxygens (including phenoxy) is 1. The molecule has 1 aliphatic carbocycles. The summed E-state index contributed by atoms with van der Waals surface area (Å²) < 4.78 is 35.9. The number of rotatable bonds is 7. The molecule has 12 heteroatoms. The minimum atomic E-state index is -2.64. The Morgan fingerprint density at radius 1 is 1.02 bits per heavy atom. The first-order valence-corrected chi connectivity index (χ1v) is 15.2. The molecule has 1 amide bonds. The zero-order valence-corrected chi connectivity index (χ0v) is 24.5. The Morgan fingerprint density at radius 3 is 2.59 bits per heavy atom. The van der Waals surface area contributed by atoms with Crippen LogP contribution in [0, 0.1) is 11.8 Å². The number of aromatic nitrogens is 4. The molecule has 2 N–H and O–H groups in total. The van der Waals surface area contributed by atoms with Crippen molar-refractivity contribution in [2.45, 2.75) is 57.8 Å². The largest absolute Gasteiger partial charge is 0.427 e. The highest BCUT2D eigenvalue weighted by Gasteiger charge is 2.34. The maximum absolute atomic E-state index is 13.9. The third-order valence-corrected chi connectivity index (χ3v) is 8.95. The fourth-order valence-electron chi connectivity index (χ4n) is 6.56. The predicted molar refractivity (Wildman–Crippen MR) is 160 cm³/mol. The average Bonchev–Trinajstić information content (AvgIpc) is 3.65. The minimum absolute atomic E-state index is 0.0749. The number of benzene rings is 2. The number of halogens is 2. The molecule has 1 saturated carbocycles. The number of imidazole rings is 1. The molecular weight excluding hydrogens is 568 g/mol. The number of anilines is 1. The summed E-state index contributed by atoms with van der Waals surface area (Å²) in [6.07, 6.45) is 0.392. The number of hydrogen-bond donors (Lipinski definition) is 2. The van der Waals surface area contributed by atoms with E-state index < -0.39 is 18.7 Å². The Morgan fingerprint density at radius 2 is 1.84 bits per heavy atom. The number of carbonyl (C=O) groups excluding carboxylic acids is 1. The lowest BCUT2D eigenvalue weighted by Crippen LogP contribution is -2.41.